The quantitative estimate of drug-likeness (QED) is 0.850. The first-order valence-electron chi connectivity index (χ1n) is 5.41. The van der Waals surface area contributed by atoms with E-state index < -0.39 is 9.84 Å². The van der Waals surface area contributed by atoms with Crippen LogP contribution in [-0.2, 0) is 15.6 Å². The van der Waals surface area contributed by atoms with E-state index in [2.05, 4.69) is 15.9 Å². The van der Waals surface area contributed by atoms with Crippen LogP contribution in [0.4, 0.5) is 5.69 Å². The lowest BCUT2D eigenvalue weighted by atomic mass is 10.2. The Hall–Kier alpha value is -1.04. The monoisotopic (exact) mass is 359 g/mol. The smallest absolute Gasteiger partial charge is 0.182 e. The van der Waals surface area contributed by atoms with Crippen molar-refractivity contribution in [2.24, 2.45) is 0 Å². The maximum absolute atomic E-state index is 12.3. The molecule has 100 valence electrons. The molecular formula is C13H11BrClNO2S. The third-order valence-electron chi connectivity index (χ3n) is 2.63. The standard InChI is InChI=1S/C13H11BrClNO2S/c14-13-9(2-1-3-12(13)16)8-19(17,18)11-6-4-10(15)5-7-11/h1-7H,8,16H2. The molecule has 0 amide bonds. The Morgan fingerprint density at radius 3 is 2.37 bits per heavy atom. The van der Waals surface area contributed by atoms with Crippen molar-refractivity contribution < 1.29 is 8.42 Å². The van der Waals surface area contributed by atoms with Gasteiger partial charge < -0.3 is 5.73 Å². The fourth-order valence-electron chi connectivity index (χ4n) is 1.64. The van der Waals surface area contributed by atoms with E-state index >= 15 is 0 Å². The predicted molar refractivity (Wildman–Crippen MR) is 80.9 cm³/mol. The van der Waals surface area contributed by atoms with Gasteiger partial charge >= 0.3 is 0 Å². The Morgan fingerprint density at radius 2 is 1.74 bits per heavy atom. The summed E-state index contributed by atoms with van der Waals surface area (Å²) in [4.78, 5) is 0.242. The van der Waals surface area contributed by atoms with E-state index in [4.69, 9.17) is 17.3 Å². The van der Waals surface area contributed by atoms with Crippen molar-refractivity contribution in [3.05, 3.63) is 57.5 Å². The summed E-state index contributed by atoms with van der Waals surface area (Å²) in [6, 6.07) is 11.3. The molecule has 6 heteroatoms. The summed E-state index contributed by atoms with van der Waals surface area (Å²) < 4.78 is 25.2. The fourth-order valence-corrected chi connectivity index (χ4v) is 3.72. The van der Waals surface area contributed by atoms with Gasteiger partial charge in [-0.05, 0) is 51.8 Å². The summed E-state index contributed by atoms with van der Waals surface area (Å²) in [6.07, 6.45) is 0. The number of hydrogen-bond donors (Lipinski definition) is 1. The third kappa shape index (κ3) is 3.29. The molecule has 0 spiro atoms. The number of sulfone groups is 1. The number of nitrogens with two attached hydrogens (primary N) is 1. The molecule has 0 bridgehead atoms. The number of nitrogen functional groups attached to an aromatic ring is 1. The molecule has 0 atom stereocenters. The normalized spacial score (nSPS) is 11.5. The Morgan fingerprint density at radius 1 is 1.11 bits per heavy atom. The molecule has 2 aromatic carbocycles. The van der Waals surface area contributed by atoms with E-state index in [1.165, 1.54) is 12.1 Å². The van der Waals surface area contributed by atoms with Crippen LogP contribution in [0.15, 0.2) is 51.8 Å². The van der Waals surface area contributed by atoms with E-state index in [1.54, 1.807) is 30.3 Å². The molecule has 0 saturated carbocycles. The van der Waals surface area contributed by atoms with Crippen LogP contribution in [0.5, 0.6) is 0 Å². The predicted octanol–water partition coefficient (Wildman–Crippen LogP) is 3.66. The van der Waals surface area contributed by atoms with Gasteiger partial charge in [0.2, 0.25) is 0 Å². The van der Waals surface area contributed by atoms with Gasteiger partial charge in [0.15, 0.2) is 9.84 Å². The van der Waals surface area contributed by atoms with E-state index in [9.17, 15) is 8.42 Å². The highest BCUT2D eigenvalue weighted by Crippen LogP contribution is 2.27. The van der Waals surface area contributed by atoms with Gasteiger partial charge in [0, 0.05) is 15.2 Å². The number of anilines is 1. The molecule has 2 aromatic rings. The lowest BCUT2D eigenvalue weighted by Crippen LogP contribution is -2.06. The summed E-state index contributed by atoms with van der Waals surface area (Å²) in [6.45, 7) is 0. The Bertz CT molecular complexity index is 699. The maximum atomic E-state index is 12.3. The fraction of sp³-hybridized carbons (Fsp3) is 0.0769. The van der Waals surface area contributed by atoms with Crippen LogP contribution < -0.4 is 5.73 Å². The Kier molecular flexibility index (Phi) is 4.18. The summed E-state index contributed by atoms with van der Waals surface area (Å²) in [5.41, 5.74) is 6.89. The molecule has 19 heavy (non-hydrogen) atoms. The largest absolute Gasteiger partial charge is 0.398 e. The summed E-state index contributed by atoms with van der Waals surface area (Å²) in [5, 5.41) is 0.504. The van der Waals surface area contributed by atoms with Crippen molar-refractivity contribution in [1.29, 1.82) is 0 Å². The van der Waals surface area contributed by atoms with Crippen molar-refractivity contribution in [3.63, 3.8) is 0 Å². The first kappa shape index (κ1) is 14.4. The zero-order valence-electron chi connectivity index (χ0n) is 9.81. The minimum atomic E-state index is -3.41. The van der Waals surface area contributed by atoms with Gasteiger partial charge in [0.25, 0.3) is 0 Å². The van der Waals surface area contributed by atoms with Crippen molar-refractivity contribution in [2.75, 3.05) is 5.73 Å². The molecule has 2 N–H and O–H groups in total. The number of hydrogen-bond acceptors (Lipinski definition) is 3. The maximum Gasteiger partial charge on any atom is 0.182 e. The molecule has 0 radical (unpaired) electrons. The van der Waals surface area contributed by atoms with Crippen LogP contribution >= 0.6 is 27.5 Å². The second-order valence-electron chi connectivity index (χ2n) is 4.03. The number of halogens is 2. The average molecular weight is 361 g/mol. The van der Waals surface area contributed by atoms with Gasteiger partial charge in [-0.25, -0.2) is 8.42 Å². The molecule has 0 heterocycles. The highest BCUT2D eigenvalue weighted by atomic mass is 79.9. The van der Waals surface area contributed by atoms with Gasteiger partial charge in [-0.2, -0.15) is 0 Å². The van der Waals surface area contributed by atoms with Crippen molar-refractivity contribution >= 4 is 43.1 Å². The number of benzene rings is 2. The van der Waals surface area contributed by atoms with Crippen molar-refractivity contribution in [1.82, 2.24) is 0 Å². The second-order valence-corrected chi connectivity index (χ2v) is 7.25. The minimum absolute atomic E-state index is 0.111. The topological polar surface area (TPSA) is 60.2 Å². The van der Waals surface area contributed by atoms with Gasteiger partial charge in [-0.3, -0.25) is 0 Å². The van der Waals surface area contributed by atoms with Crippen LogP contribution in [0.3, 0.4) is 0 Å². The van der Waals surface area contributed by atoms with E-state index in [1.807, 2.05) is 0 Å². The van der Waals surface area contributed by atoms with Crippen molar-refractivity contribution in [3.8, 4) is 0 Å². The van der Waals surface area contributed by atoms with Crippen LogP contribution in [0, 0.1) is 0 Å². The van der Waals surface area contributed by atoms with Crippen LogP contribution in [0.1, 0.15) is 5.56 Å². The summed E-state index contributed by atoms with van der Waals surface area (Å²) in [5.74, 6) is -0.111. The molecule has 2 rings (SSSR count). The molecule has 0 saturated heterocycles. The lowest BCUT2D eigenvalue weighted by molar-refractivity contribution is 0.595. The third-order valence-corrected chi connectivity index (χ3v) is 5.53. The van der Waals surface area contributed by atoms with E-state index in [-0.39, 0.29) is 10.6 Å². The molecule has 0 aromatic heterocycles. The molecular weight excluding hydrogens is 350 g/mol. The molecule has 0 fully saturated rings. The number of rotatable bonds is 3. The van der Waals surface area contributed by atoms with Crippen molar-refractivity contribution in [2.45, 2.75) is 10.6 Å². The zero-order chi connectivity index (χ0) is 14.0. The summed E-state index contributed by atoms with van der Waals surface area (Å²) in [7, 11) is -3.41. The van der Waals surface area contributed by atoms with Crippen LogP contribution in [0.25, 0.3) is 0 Å². The molecule has 0 aliphatic carbocycles. The molecule has 0 aliphatic rings. The van der Waals surface area contributed by atoms with Crippen LogP contribution in [-0.4, -0.2) is 8.42 Å². The van der Waals surface area contributed by atoms with Gasteiger partial charge in [-0.15, -0.1) is 0 Å². The van der Waals surface area contributed by atoms with Gasteiger partial charge in [-0.1, -0.05) is 23.7 Å². The first-order valence-corrected chi connectivity index (χ1v) is 8.23. The SMILES string of the molecule is Nc1cccc(CS(=O)(=O)c2ccc(Cl)cc2)c1Br. The van der Waals surface area contributed by atoms with E-state index in [0.717, 1.165) is 0 Å². The van der Waals surface area contributed by atoms with E-state index in [0.29, 0.717) is 20.7 Å². The minimum Gasteiger partial charge on any atom is -0.398 e. The lowest BCUT2D eigenvalue weighted by Gasteiger charge is -2.08. The highest BCUT2D eigenvalue weighted by molar-refractivity contribution is 9.10. The first-order chi connectivity index (χ1) is 8.90. The van der Waals surface area contributed by atoms with Gasteiger partial charge in [0.05, 0.1) is 10.6 Å². The van der Waals surface area contributed by atoms with Gasteiger partial charge in [0.1, 0.15) is 0 Å². The average Bonchev–Trinajstić information content (AvgIpc) is 2.35. The summed E-state index contributed by atoms with van der Waals surface area (Å²) >= 11 is 9.06. The zero-order valence-corrected chi connectivity index (χ0v) is 13.0. The second kappa shape index (κ2) is 5.53. The van der Waals surface area contributed by atoms with Crippen LogP contribution in [0.2, 0.25) is 5.02 Å². The molecule has 0 unspecified atom stereocenters. The molecule has 0 aliphatic heterocycles. The highest BCUT2D eigenvalue weighted by Gasteiger charge is 2.17. The Balaban J connectivity index is 2.36. The Labute approximate surface area is 125 Å². The molecule has 3 nitrogen and oxygen atoms in total.